The van der Waals surface area contributed by atoms with Crippen LogP contribution in [0.5, 0.6) is 0 Å². The van der Waals surface area contributed by atoms with Gasteiger partial charge in [-0.05, 0) is 49.0 Å². The summed E-state index contributed by atoms with van der Waals surface area (Å²) in [4.78, 5) is 0.970. The molecule has 0 bridgehead atoms. The van der Waals surface area contributed by atoms with E-state index >= 15 is 0 Å². The second kappa shape index (κ2) is 6.26. The number of aryl methyl sites for hydroxylation is 1. The quantitative estimate of drug-likeness (QED) is 0.855. The maximum absolute atomic E-state index is 14.0. The molecule has 19 heavy (non-hydrogen) atoms. The molecule has 4 heteroatoms. The zero-order valence-corrected chi connectivity index (χ0v) is 11.9. The van der Waals surface area contributed by atoms with Gasteiger partial charge in [0.25, 0.3) is 0 Å². The lowest BCUT2D eigenvalue weighted by Crippen LogP contribution is -2.25. The van der Waals surface area contributed by atoms with E-state index in [9.17, 15) is 8.78 Å². The molecule has 1 N–H and O–H groups in total. The summed E-state index contributed by atoms with van der Waals surface area (Å²) in [6.45, 7) is 4.71. The van der Waals surface area contributed by atoms with E-state index < -0.39 is 17.7 Å². The van der Waals surface area contributed by atoms with Crippen molar-refractivity contribution in [2.75, 3.05) is 6.54 Å². The Bertz CT molecular complexity index is 531. The van der Waals surface area contributed by atoms with E-state index in [0.29, 0.717) is 0 Å². The molecule has 0 aliphatic heterocycles. The highest BCUT2D eigenvalue weighted by Gasteiger charge is 2.23. The first-order valence-electron chi connectivity index (χ1n) is 6.36. The number of thiophene rings is 1. The first kappa shape index (κ1) is 14.2. The molecule has 2 aromatic rings. The molecule has 1 atom stereocenters. The third kappa shape index (κ3) is 3.01. The second-order valence-electron chi connectivity index (χ2n) is 4.49. The number of rotatable bonds is 5. The van der Waals surface area contributed by atoms with Gasteiger partial charge in [-0.1, -0.05) is 13.0 Å². The summed E-state index contributed by atoms with van der Waals surface area (Å²) in [7, 11) is 0. The molecule has 0 spiro atoms. The molecule has 1 aromatic carbocycles. The summed E-state index contributed by atoms with van der Waals surface area (Å²) in [5.74, 6) is -0.997. The minimum atomic E-state index is -0.499. The van der Waals surface area contributed by atoms with Gasteiger partial charge in [0.2, 0.25) is 0 Å². The molecular formula is C15H17F2NS. The second-order valence-corrected chi connectivity index (χ2v) is 5.44. The molecule has 102 valence electrons. The van der Waals surface area contributed by atoms with E-state index in [2.05, 4.69) is 5.32 Å². The Balaban J connectivity index is 2.46. The van der Waals surface area contributed by atoms with Crippen molar-refractivity contribution in [3.8, 4) is 0 Å². The zero-order chi connectivity index (χ0) is 13.8. The first-order chi connectivity index (χ1) is 9.15. The van der Waals surface area contributed by atoms with Crippen molar-refractivity contribution in [3.63, 3.8) is 0 Å². The lowest BCUT2D eigenvalue weighted by atomic mass is 10.0. The predicted octanol–water partition coefficient (Wildman–Crippen LogP) is 4.42. The van der Waals surface area contributed by atoms with Gasteiger partial charge in [-0.25, -0.2) is 8.78 Å². The maximum Gasteiger partial charge on any atom is 0.131 e. The largest absolute Gasteiger partial charge is 0.305 e. The van der Waals surface area contributed by atoms with Crippen molar-refractivity contribution >= 4 is 11.3 Å². The summed E-state index contributed by atoms with van der Waals surface area (Å²) >= 11 is 1.52. The fourth-order valence-corrected chi connectivity index (χ4v) is 3.09. The molecule has 0 amide bonds. The molecule has 1 aromatic heterocycles. The van der Waals surface area contributed by atoms with Crippen LogP contribution in [0.25, 0.3) is 0 Å². The van der Waals surface area contributed by atoms with Crippen molar-refractivity contribution in [1.29, 1.82) is 0 Å². The van der Waals surface area contributed by atoms with Crippen LogP contribution in [-0.4, -0.2) is 6.54 Å². The first-order valence-corrected chi connectivity index (χ1v) is 7.24. The normalized spacial score (nSPS) is 12.6. The van der Waals surface area contributed by atoms with Crippen LogP contribution < -0.4 is 5.32 Å². The summed E-state index contributed by atoms with van der Waals surface area (Å²) in [5, 5.41) is 5.19. The molecule has 2 rings (SSSR count). The number of halogens is 2. The average molecular weight is 281 g/mol. The van der Waals surface area contributed by atoms with Crippen LogP contribution in [0.15, 0.2) is 29.6 Å². The van der Waals surface area contributed by atoms with Crippen molar-refractivity contribution in [3.05, 3.63) is 57.3 Å². The Hall–Kier alpha value is -1.26. The van der Waals surface area contributed by atoms with Crippen LogP contribution in [0.1, 0.15) is 35.4 Å². The number of nitrogens with one attached hydrogen (secondary N) is 1. The van der Waals surface area contributed by atoms with Crippen LogP contribution in [0, 0.1) is 18.6 Å². The molecule has 0 aliphatic carbocycles. The zero-order valence-electron chi connectivity index (χ0n) is 11.0. The van der Waals surface area contributed by atoms with Gasteiger partial charge in [0.05, 0.1) is 6.04 Å². The highest BCUT2D eigenvalue weighted by atomic mass is 32.1. The summed E-state index contributed by atoms with van der Waals surface area (Å²) in [6.07, 6.45) is 0.914. The molecular weight excluding hydrogens is 264 g/mol. The van der Waals surface area contributed by atoms with Gasteiger partial charge in [-0.3, -0.25) is 0 Å². The van der Waals surface area contributed by atoms with Gasteiger partial charge >= 0.3 is 0 Å². The van der Waals surface area contributed by atoms with E-state index in [0.717, 1.165) is 23.4 Å². The number of hydrogen-bond acceptors (Lipinski definition) is 2. The third-order valence-electron chi connectivity index (χ3n) is 3.05. The molecule has 1 nitrogen and oxygen atoms in total. The lowest BCUT2D eigenvalue weighted by Gasteiger charge is -2.20. The van der Waals surface area contributed by atoms with Gasteiger partial charge in [-0.15, -0.1) is 11.3 Å². The highest BCUT2D eigenvalue weighted by Crippen LogP contribution is 2.32. The topological polar surface area (TPSA) is 12.0 Å². The van der Waals surface area contributed by atoms with E-state index in [-0.39, 0.29) is 5.56 Å². The van der Waals surface area contributed by atoms with Gasteiger partial charge in [0.1, 0.15) is 11.6 Å². The maximum atomic E-state index is 14.0. The van der Waals surface area contributed by atoms with Crippen molar-refractivity contribution in [2.45, 2.75) is 26.3 Å². The number of hydrogen-bond donors (Lipinski definition) is 1. The third-order valence-corrected chi connectivity index (χ3v) is 4.13. The Morgan fingerprint density at radius 2 is 1.89 bits per heavy atom. The molecule has 0 saturated carbocycles. The summed E-state index contributed by atoms with van der Waals surface area (Å²) < 4.78 is 28.0. The number of benzene rings is 1. The molecule has 0 fully saturated rings. The Morgan fingerprint density at radius 1 is 1.21 bits per heavy atom. The van der Waals surface area contributed by atoms with Crippen LogP contribution >= 0.6 is 11.3 Å². The minimum Gasteiger partial charge on any atom is -0.305 e. The van der Waals surface area contributed by atoms with E-state index in [1.54, 1.807) is 0 Å². The summed E-state index contributed by atoms with van der Waals surface area (Å²) in [5.41, 5.74) is 1.17. The monoisotopic (exact) mass is 281 g/mol. The van der Waals surface area contributed by atoms with Crippen LogP contribution in [-0.2, 0) is 0 Å². The fraction of sp³-hybridized carbons (Fsp3) is 0.333. The van der Waals surface area contributed by atoms with Crippen LogP contribution in [0.4, 0.5) is 8.78 Å². The van der Waals surface area contributed by atoms with Gasteiger partial charge in [0, 0.05) is 10.4 Å². The molecule has 0 radical (unpaired) electrons. The molecule has 0 saturated heterocycles. The Morgan fingerprint density at radius 3 is 2.42 bits per heavy atom. The van der Waals surface area contributed by atoms with Gasteiger partial charge in [0.15, 0.2) is 0 Å². The highest BCUT2D eigenvalue weighted by molar-refractivity contribution is 7.10. The predicted molar refractivity (Wildman–Crippen MR) is 75.6 cm³/mol. The van der Waals surface area contributed by atoms with E-state index in [1.807, 2.05) is 25.3 Å². The summed E-state index contributed by atoms with van der Waals surface area (Å²) in [6, 6.07) is 5.57. The smallest absolute Gasteiger partial charge is 0.131 e. The van der Waals surface area contributed by atoms with E-state index in [1.165, 1.54) is 29.5 Å². The van der Waals surface area contributed by atoms with Crippen LogP contribution in [0.3, 0.4) is 0 Å². The minimum absolute atomic E-state index is 0.113. The van der Waals surface area contributed by atoms with E-state index in [4.69, 9.17) is 0 Å². The molecule has 0 aliphatic rings. The van der Waals surface area contributed by atoms with Crippen molar-refractivity contribution < 1.29 is 8.78 Å². The Labute approximate surface area is 116 Å². The lowest BCUT2D eigenvalue weighted by molar-refractivity contribution is 0.505. The standard InChI is InChI=1S/C15H17F2NS/c1-3-8-18-14(15-10(2)7-9-19-15)13-11(16)5-4-6-12(13)17/h4-7,9,14,18H,3,8H2,1-2H3. The fourth-order valence-electron chi connectivity index (χ4n) is 2.08. The molecule has 1 unspecified atom stereocenters. The van der Waals surface area contributed by atoms with Crippen molar-refractivity contribution in [1.82, 2.24) is 5.32 Å². The average Bonchev–Trinajstić information content (AvgIpc) is 2.79. The Kier molecular flexibility index (Phi) is 4.66. The van der Waals surface area contributed by atoms with Gasteiger partial charge < -0.3 is 5.32 Å². The molecule has 1 heterocycles. The van der Waals surface area contributed by atoms with Crippen molar-refractivity contribution in [2.24, 2.45) is 0 Å². The SMILES string of the molecule is CCCNC(c1sccc1C)c1c(F)cccc1F. The van der Waals surface area contributed by atoms with Gasteiger partial charge in [-0.2, -0.15) is 0 Å². The van der Waals surface area contributed by atoms with Crippen LogP contribution in [0.2, 0.25) is 0 Å².